The molecule has 25 heavy (non-hydrogen) atoms. The van der Waals surface area contributed by atoms with E-state index in [9.17, 15) is 0 Å². The van der Waals surface area contributed by atoms with E-state index in [2.05, 4.69) is 65.0 Å². The molecular weight excluding hydrogens is 310 g/mol. The zero-order valence-corrected chi connectivity index (χ0v) is 15.7. The summed E-state index contributed by atoms with van der Waals surface area (Å²) in [6.07, 6.45) is 4.82. The molecule has 0 aliphatic rings. The Hall–Kier alpha value is -2.40. The van der Waals surface area contributed by atoms with Crippen molar-refractivity contribution >= 4 is 0 Å². The van der Waals surface area contributed by atoms with Crippen LogP contribution in [-0.4, -0.2) is 25.9 Å². The van der Waals surface area contributed by atoms with Crippen molar-refractivity contribution in [2.45, 2.75) is 40.2 Å². The fourth-order valence-electron chi connectivity index (χ4n) is 3.29. The highest BCUT2D eigenvalue weighted by molar-refractivity contribution is 5.36. The van der Waals surface area contributed by atoms with Gasteiger partial charge < -0.3 is 9.88 Å². The van der Waals surface area contributed by atoms with Gasteiger partial charge in [0.1, 0.15) is 5.82 Å². The van der Waals surface area contributed by atoms with E-state index >= 15 is 0 Å². The maximum atomic E-state index is 4.49. The molecule has 132 valence electrons. The molecule has 0 aliphatic carbocycles. The molecule has 5 heteroatoms. The largest absolute Gasteiger partial charge is 0.310 e. The van der Waals surface area contributed by atoms with Gasteiger partial charge in [-0.3, -0.25) is 4.68 Å². The summed E-state index contributed by atoms with van der Waals surface area (Å²) < 4.78 is 4.06. The molecule has 1 aromatic carbocycles. The van der Waals surface area contributed by atoms with E-state index in [1.54, 1.807) is 0 Å². The van der Waals surface area contributed by atoms with E-state index in [1.807, 2.05) is 31.0 Å². The Balaban J connectivity index is 1.60. The molecule has 0 aliphatic heterocycles. The number of benzene rings is 1. The van der Waals surface area contributed by atoms with Crippen molar-refractivity contribution < 1.29 is 0 Å². The Kier molecular flexibility index (Phi) is 5.04. The lowest BCUT2D eigenvalue weighted by molar-refractivity contribution is 0.575. The van der Waals surface area contributed by atoms with Crippen LogP contribution >= 0.6 is 0 Å². The van der Waals surface area contributed by atoms with Gasteiger partial charge in [0, 0.05) is 36.9 Å². The van der Waals surface area contributed by atoms with Crippen LogP contribution < -0.4 is 5.32 Å². The molecule has 0 radical (unpaired) electrons. The van der Waals surface area contributed by atoms with Gasteiger partial charge in [-0.05, 0) is 63.9 Å². The first-order chi connectivity index (χ1) is 12.0. The summed E-state index contributed by atoms with van der Waals surface area (Å²) in [6.45, 7) is 9.38. The minimum Gasteiger partial charge on any atom is -0.310 e. The number of hydrogen-bond donors (Lipinski definition) is 1. The van der Waals surface area contributed by atoms with E-state index in [4.69, 9.17) is 0 Å². The van der Waals surface area contributed by atoms with Crippen molar-refractivity contribution in [2.24, 2.45) is 7.05 Å². The average Bonchev–Trinajstić information content (AvgIpc) is 3.13. The normalized spacial score (nSPS) is 12.5. The summed E-state index contributed by atoms with van der Waals surface area (Å²) in [6, 6.07) is 8.99. The zero-order valence-electron chi connectivity index (χ0n) is 15.7. The lowest BCUT2D eigenvalue weighted by Gasteiger charge is -2.15. The molecule has 0 bridgehead atoms. The minimum absolute atomic E-state index is 0.315. The summed E-state index contributed by atoms with van der Waals surface area (Å²) in [5.41, 5.74) is 6.18. The number of imidazole rings is 1. The van der Waals surface area contributed by atoms with Crippen LogP contribution in [0.25, 0.3) is 5.69 Å². The first kappa shape index (κ1) is 17.4. The Bertz CT molecular complexity index is 842. The van der Waals surface area contributed by atoms with E-state index in [-0.39, 0.29) is 0 Å². The number of aryl methyl sites for hydroxylation is 3. The molecular formula is C20H27N5. The highest BCUT2D eigenvalue weighted by atomic mass is 15.3. The summed E-state index contributed by atoms with van der Waals surface area (Å²) in [7, 11) is 2.01. The summed E-state index contributed by atoms with van der Waals surface area (Å²) in [5, 5.41) is 8.11. The average molecular weight is 337 g/mol. The number of aromatic nitrogens is 4. The molecule has 1 N–H and O–H groups in total. The Labute approximate surface area is 149 Å². The third-order valence-corrected chi connectivity index (χ3v) is 4.98. The van der Waals surface area contributed by atoms with Crippen molar-refractivity contribution in [1.29, 1.82) is 0 Å². The van der Waals surface area contributed by atoms with Gasteiger partial charge in [0.05, 0.1) is 5.69 Å². The van der Waals surface area contributed by atoms with Crippen molar-refractivity contribution in [3.63, 3.8) is 0 Å². The van der Waals surface area contributed by atoms with Gasteiger partial charge in [-0.15, -0.1) is 0 Å². The number of nitrogens with one attached hydrogen (secondary N) is 1. The predicted octanol–water partition coefficient (Wildman–Crippen LogP) is 3.42. The van der Waals surface area contributed by atoms with Crippen LogP contribution in [0.2, 0.25) is 0 Å². The third kappa shape index (κ3) is 3.66. The number of hydrogen-bond acceptors (Lipinski definition) is 3. The molecule has 0 fully saturated rings. The molecule has 0 unspecified atom stereocenters. The van der Waals surface area contributed by atoms with Crippen LogP contribution in [-0.2, 0) is 13.5 Å². The quantitative estimate of drug-likeness (QED) is 0.750. The SMILES string of the molecule is Cc1nn(C)c(C)c1CCN[C@H](C)c1ccc(-n2ccnc2C)cc1. The molecule has 0 saturated carbocycles. The van der Waals surface area contributed by atoms with Crippen LogP contribution in [0.15, 0.2) is 36.7 Å². The second kappa shape index (κ2) is 7.23. The van der Waals surface area contributed by atoms with E-state index in [0.29, 0.717) is 6.04 Å². The van der Waals surface area contributed by atoms with E-state index < -0.39 is 0 Å². The highest BCUT2D eigenvalue weighted by Crippen LogP contribution is 2.17. The van der Waals surface area contributed by atoms with Gasteiger partial charge in [0.2, 0.25) is 0 Å². The fraction of sp³-hybridized carbons (Fsp3) is 0.400. The van der Waals surface area contributed by atoms with Gasteiger partial charge in [-0.25, -0.2) is 4.98 Å². The smallest absolute Gasteiger partial charge is 0.110 e. The zero-order chi connectivity index (χ0) is 18.0. The Morgan fingerprint density at radius 2 is 1.84 bits per heavy atom. The predicted molar refractivity (Wildman–Crippen MR) is 101 cm³/mol. The standard InChI is InChI=1S/C20H27N5/c1-14(21-11-10-20-15(2)23-24(5)16(20)3)18-6-8-19(9-7-18)25-13-12-22-17(25)4/h6-9,12-14,21H,10-11H2,1-5H3/t14-/m1/s1. The van der Waals surface area contributed by atoms with Gasteiger partial charge >= 0.3 is 0 Å². The third-order valence-electron chi connectivity index (χ3n) is 4.98. The van der Waals surface area contributed by atoms with Crippen LogP contribution in [0.3, 0.4) is 0 Å². The first-order valence-corrected chi connectivity index (χ1v) is 8.80. The van der Waals surface area contributed by atoms with Crippen molar-refractivity contribution in [3.8, 4) is 5.69 Å². The van der Waals surface area contributed by atoms with Crippen LogP contribution in [0.5, 0.6) is 0 Å². The van der Waals surface area contributed by atoms with Gasteiger partial charge in [0.15, 0.2) is 0 Å². The molecule has 1 atom stereocenters. The maximum Gasteiger partial charge on any atom is 0.110 e. The van der Waals surface area contributed by atoms with Crippen molar-refractivity contribution in [3.05, 3.63) is 65.0 Å². The van der Waals surface area contributed by atoms with Gasteiger partial charge in [-0.2, -0.15) is 5.10 Å². The molecule has 2 aromatic heterocycles. The van der Waals surface area contributed by atoms with Crippen LogP contribution in [0, 0.1) is 20.8 Å². The maximum absolute atomic E-state index is 4.49. The van der Waals surface area contributed by atoms with E-state index in [0.717, 1.165) is 30.2 Å². The summed E-state index contributed by atoms with van der Waals surface area (Å²) in [5.74, 6) is 1.00. The minimum atomic E-state index is 0.315. The molecule has 0 saturated heterocycles. The number of rotatable bonds is 6. The molecule has 3 rings (SSSR count). The van der Waals surface area contributed by atoms with Crippen molar-refractivity contribution in [1.82, 2.24) is 24.6 Å². The van der Waals surface area contributed by atoms with Crippen molar-refractivity contribution in [2.75, 3.05) is 6.54 Å². The second-order valence-corrected chi connectivity index (χ2v) is 6.63. The van der Waals surface area contributed by atoms with Gasteiger partial charge in [0.25, 0.3) is 0 Å². The van der Waals surface area contributed by atoms with E-state index in [1.165, 1.54) is 16.8 Å². The summed E-state index contributed by atoms with van der Waals surface area (Å²) >= 11 is 0. The highest BCUT2D eigenvalue weighted by Gasteiger charge is 2.10. The monoisotopic (exact) mass is 337 g/mol. The molecule has 0 amide bonds. The first-order valence-electron chi connectivity index (χ1n) is 8.80. The molecule has 3 aromatic rings. The lowest BCUT2D eigenvalue weighted by Crippen LogP contribution is -2.21. The summed E-state index contributed by atoms with van der Waals surface area (Å²) in [4.78, 5) is 4.28. The lowest BCUT2D eigenvalue weighted by atomic mass is 10.1. The second-order valence-electron chi connectivity index (χ2n) is 6.63. The molecule has 5 nitrogen and oxygen atoms in total. The van der Waals surface area contributed by atoms with Crippen LogP contribution in [0.1, 0.15) is 41.3 Å². The molecule has 0 spiro atoms. The Morgan fingerprint density at radius 1 is 1.12 bits per heavy atom. The van der Waals surface area contributed by atoms with Crippen LogP contribution in [0.4, 0.5) is 0 Å². The Morgan fingerprint density at radius 3 is 2.40 bits per heavy atom. The van der Waals surface area contributed by atoms with Gasteiger partial charge in [-0.1, -0.05) is 12.1 Å². The molecule has 2 heterocycles. The number of nitrogens with zero attached hydrogens (tertiary/aromatic N) is 4. The fourth-order valence-corrected chi connectivity index (χ4v) is 3.29. The topological polar surface area (TPSA) is 47.7 Å².